The van der Waals surface area contributed by atoms with Gasteiger partial charge in [-0.2, -0.15) is 0 Å². The van der Waals surface area contributed by atoms with Crippen LogP contribution in [0.4, 0.5) is 15.5 Å². The first-order chi connectivity index (χ1) is 28.3. The Labute approximate surface area is 352 Å². The number of amides is 4. The Morgan fingerprint density at radius 3 is 2.20 bits per heavy atom. The Bertz CT molecular complexity index is 2350. The minimum Gasteiger partial charge on any atom is -0.465 e. The van der Waals surface area contributed by atoms with Crippen LogP contribution >= 0.6 is 23.1 Å². The van der Waals surface area contributed by atoms with Crippen LogP contribution < -0.4 is 16.0 Å². The number of hydrogen-bond donors (Lipinski definition) is 3. The molecule has 0 aliphatic carbocycles. The molecule has 0 radical (unpaired) electrons. The number of esters is 1. The number of carbonyl (C=O) groups is 5. The molecule has 4 aromatic carbocycles. The molecule has 1 atom stereocenters. The normalized spacial score (nSPS) is 13.1. The van der Waals surface area contributed by atoms with Crippen molar-refractivity contribution in [2.24, 2.45) is 0 Å². The largest absolute Gasteiger partial charge is 0.465 e. The summed E-state index contributed by atoms with van der Waals surface area (Å²) < 4.78 is 10.7. The van der Waals surface area contributed by atoms with Crippen LogP contribution in [0.5, 0.6) is 0 Å². The van der Waals surface area contributed by atoms with Crippen molar-refractivity contribution in [3.8, 4) is 11.1 Å². The summed E-state index contributed by atoms with van der Waals surface area (Å²) in [5.74, 6) is -1.84. The summed E-state index contributed by atoms with van der Waals surface area (Å²) in [5.41, 5.74) is 4.08. The lowest BCUT2D eigenvalue weighted by molar-refractivity contribution is -0.116. The van der Waals surface area contributed by atoms with Gasteiger partial charge in [-0.3, -0.25) is 14.4 Å². The number of fused-ring (bicyclic) bond motifs is 1. The molecule has 0 spiro atoms. The molecule has 1 aliphatic heterocycles. The van der Waals surface area contributed by atoms with Gasteiger partial charge >= 0.3 is 12.1 Å². The van der Waals surface area contributed by atoms with Crippen LogP contribution in [0.1, 0.15) is 70.8 Å². The summed E-state index contributed by atoms with van der Waals surface area (Å²) in [6.07, 6.45) is 2.05. The van der Waals surface area contributed by atoms with Gasteiger partial charge in [0.15, 0.2) is 0 Å². The van der Waals surface area contributed by atoms with Gasteiger partial charge in [0.2, 0.25) is 5.91 Å². The first-order valence-corrected chi connectivity index (χ1v) is 20.8. The molecule has 0 bridgehead atoms. The summed E-state index contributed by atoms with van der Waals surface area (Å²) >= 11 is 2.56. The highest BCUT2D eigenvalue weighted by Gasteiger charge is 2.33. The Morgan fingerprint density at radius 2 is 1.54 bits per heavy atom. The highest BCUT2D eigenvalue weighted by molar-refractivity contribution is 8.00. The monoisotopic (exact) mass is 830 g/mol. The molecule has 1 aliphatic rings. The number of thioether (sulfide) groups is 1. The summed E-state index contributed by atoms with van der Waals surface area (Å²) in [6, 6.07) is 33.4. The molecular formula is C46H46N4O7S2. The average Bonchev–Trinajstić information content (AvgIpc) is 3.59. The van der Waals surface area contributed by atoms with Crippen LogP contribution in [-0.4, -0.2) is 59.2 Å². The van der Waals surface area contributed by atoms with Gasteiger partial charge in [0, 0.05) is 27.6 Å². The van der Waals surface area contributed by atoms with E-state index in [-0.39, 0.29) is 18.1 Å². The van der Waals surface area contributed by atoms with Crippen LogP contribution in [0.25, 0.3) is 17.2 Å². The summed E-state index contributed by atoms with van der Waals surface area (Å²) in [6.45, 7) is 7.90. The smallest absolute Gasteiger partial charge is 0.410 e. The topological polar surface area (TPSA) is 143 Å². The van der Waals surface area contributed by atoms with E-state index in [1.165, 1.54) is 30.2 Å². The zero-order valence-corrected chi connectivity index (χ0v) is 35.1. The maximum Gasteiger partial charge on any atom is 0.410 e. The number of rotatable bonds is 12. The average molecular weight is 831 g/mol. The van der Waals surface area contributed by atoms with E-state index in [1.54, 1.807) is 74.2 Å². The number of hydrogen-bond acceptors (Lipinski definition) is 9. The molecule has 4 amide bonds. The third-order valence-corrected chi connectivity index (χ3v) is 11.7. The van der Waals surface area contributed by atoms with Crippen molar-refractivity contribution in [1.82, 2.24) is 10.2 Å². The third kappa shape index (κ3) is 11.1. The fourth-order valence-corrected chi connectivity index (χ4v) is 8.60. The lowest BCUT2D eigenvalue weighted by Gasteiger charge is -2.30. The van der Waals surface area contributed by atoms with Crippen molar-refractivity contribution in [2.45, 2.75) is 62.8 Å². The number of methoxy groups -OCH3 is 1. The lowest BCUT2D eigenvalue weighted by Crippen LogP contribution is -2.39. The molecule has 6 rings (SSSR count). The highest BCUT2D eigenvalue weighted by atomic mass is 32.2. The maximum absolute atomic E-state index is 13.9. The molecule has 59 heavy (non-hydrogen) atoms. The Hall–Kier alpha value is -6.18. The number of nitrogens with zero attached hydrogens (tertiary/aromatic N) is 1. The van der Waals surface area contributed by atoms with E-state index in [1.807, 2.05) is 73.7 Å². The number of nitrogens with one attached hydrogen (secondary N) is 3. The van der Waals surface area contributed by atoms with Crippen molar-refractivity contribution < 1.29 is 33.4 Å². The number of anilines is 2. The van der Waals surface area contributed by atoms with Gasteiger partial charge < -0.3 is 30.3 Å². The van der Waals surface area contributed by atoms with Crippen LogP contribution in [0.15, 0.2) is 120 Å². The van der Waals surface area contributed by atoms with Gasteiger partial charge in [0.25, 0.3) is 11.8 Å². The Kier molecular flexibility index (Phi) is 13.7. The Balaban J connectivity index is 1.17. The molecule has 2 heterocycles. The second-order valence-corrected chi connectivity index (χ2v) is 17.1. The minimum atomic E-state index is -0.655. The predicted molar refractivity (Wildman–Crippen MR) is 233 cm³/mol. The van der Waals surface area contributed by atoms with Crippen LogP contribution in [0.2, 0.25) is 0 Å². The lowest BCUT2D eigenvalue weighted by atomic mass is 10.0. The van der Waals surface area contributed by atoms with Gasteiger partial charge in [-0.05, 0) is 92.3 Å². The zero-order chi connectivity index (χ0) is 42.1. The molecule has 0 saturated carbocycles. The molecule has 1 aromatic heterocycles. The highest BCUT2D eigenvalue weighted by Crippen LogP contribution is 2.39. The molecule has 0 saturated heterocycles. The van der Waals surface area contributed by atoms with Crippen molar-refractivity contribution in [2.75, 3.05) is 24.3 Å². The first-order valence-electron chi connectivity index (χ1n) is 19.1. The fraction of sp³-hybridized carbons (Fsp3) is 0.239. The summed E-state index contributed by atoms with van der Waals surface area (Å²) in [4.78, 5) is 69.8. The number of benzene rings is 4. The van der Waals surface area contributed by atoms with Gasteiger partial charge in [-0.25, -0.2) is 9.59 Å². The van der Waals surface area contributed by atoms with Crippen LogP contribution in [0, 0.1) is 0 Å². The minimum absolute atomic E-state index is 0.0458. The number of ether oxygens (including phenoxy) is 2. The second-order valence-electron chi connectivity index (χ2n) is 14.7. The van der Waals surface area contributed by atoms with E-state index in [2.05, 4.69) is 16.0 Å². The zero-order valence-electron chi connectivity index (χ0n) is 33.5. The second kappa shape index (κ2) is 19.0. The predicted octanol–water partition coefficient (Wildman–Crippen LogP) is 9.41. The van der Waals surface area contributed by atoms with Crippen LogP contribution in [0.3, 0.4) is 0 Å². The van der Waals surface area contributed by atoms with Crippen molar-refractivity contribution in [3.63, 3.8) is 0 Å². The fourth-order valence-electron chi connectivity index (χ4n) is 6.33. The van der Waals surface area contributed by atoms with Crippen molar-refractivity contribution >= 4 is 69.6 Å². The van der Waals surface area contributed by atoms with E-state index in [4.69, 9.17) is 9.47 Å². The van der Waals surface area contributed by atoms with E-state index >= 15 is 0 Å². The third-order valence-electron chi connectivity index (χ3n) is 9.23. The quantitative estimate of drug-likeness (QED) is 0.0642. The Morgan fingerprint density at radius 1 is 0.864 bits per heavy atom. The molecule has 11 nitrogen and oxygen atoms in total. The van der Waals surface area contributed by atoms with E-state index in [9.17, 15) is 24.0 Å². The molecule has 0 fully saturated rings. The number of thiophene rings is 1. The molecule has 3 N–H and O–H groups in total. The van der Waals surface area contributed by atoms with E-state index in [0.29, 0.717) is 51.7 Å². The number of carbonyl (C=O) groups excluding carboxylic acids is 5. The summed E-state index contributed by atoms with van der Waals surface area (Å²) in [7, 11) is 1.30. The van der Waals surface area contributed by atoms with Crippen LogP contribution in [-0.2, 0) is 32.0 Å². The molecular weight excluding hydrogens is 785 g/mol. The maximum atomic E-state index is 13.9. The van der Waals surface area contributed by atoms with E-state index < -0.39 is 34.7 Å². The SMILES string of the molecule is CCC(Sc1cccc(NC(=O)/C(=C\c2ccc(-c3ccccc3)cc2)NC(=O)c2ccccc2)c1)C(=O)Nc1sc2c(c1C(=O)OC)CCN(C(=O)OC(C)(C)C)C2. The van der Waals surface area contributed by atoms with Gasteiger partial charge in [0.1, 0.15) is 16.3 Å². The summed E-state index contributed by atoms with van der Waals surface area (Å²) in [5, 5.41) is 8.47. The first kappa shape index (κ1) is 42.4. The molecule has 5 aromatic rings. The standard InChI is InChI=1S/C46H46N4O7S2/c1-6-37(42(53)49-43-39(44(54)56-5)35-24-25-50(28-38(35)59-43)45(55)57-46(2,3)4)58-34-19-13-18-33(27-34)47-41(52)36(48-40(51)32-16-11-8-12-17-32)26-29-20-22-31(23-21-29)30-14-9-7-10-15-30/h7-23,26-27,37H,6,24-25,28H2,1-5H3,(H,47,52)(H,48,51)(H,49,53)/b36-26+. The van der Waals surface area contributed by atoms with Crippen molar-refractivity contribution in [3.05, 3.63) is 142 Å². The van der Waals surface area contributed by atoms with Crippen molar-refractivity contribution in [1.29, 1.82) is 0 Å². The molecule has 13 heteroatoms. The van der Waals surface area contributed by atoms with E-state index in [0.717, 1.165) is 21.6 Å². The van der Waals surface area contributed by atoms with Gasteiger partial charge in [-0.1, -0.05) is 85.8 Å². The van der Waals surface area contributed by atoms with Gasteiger partial charge in [0.05, 0.1) is 24.5 Å². The van der Waals surface area contributed by atoms with Gasteiger partial charge in [-0.15, -0.1) is 23.1 Å². The molecule has 1 unspecified atom stereocenters. The molecule has 304 valence electrons.